The highest BCUT2D eigenvalue weighted by Crippen LogP contribution is 2.28. The lowest BCUT2D eigenvalue weighted by Gasteiger charge is -2.15. The fourth-order valence-corrected chi connectivity index (χ4v) is 2.05. The van der Waals surface area contributed by atoms with Gasteiger partial charge in [0.1, 0.15) is 11.8 Å². The van der Waals surface area contributed by atoms with Crippen molar-refractivity contribution in [2.75, 3.05) is 6.61 Å². The zero-order chi connectivity index (χ0) is 13.7. The molecule has 3 heteroatoms. The van der Waals surface area contributed by atoms with Crippen LogP contribution >= 0.6 is 0 Å². The Balaban J connectivity index is 2.42. The maximum atomic E-state index is 8.66. The molecule has 0 bridgehead atoms. The molecule has 2 aromatic rings. The molecule has 0 atom stereocenters. The van der Waals surface area contributed by atoms with Gasteiger partial charge in [0.25, 0.3) is 0 Å². The van der Waals surface area contributed by atoms with Crippen LogP contribution in [0.15, 0.2) is 36.4 Å². The Morgan fingerprint density at radius 3 is 2.74 bits per heavy atom. The van der Waals surface area contributed by atoms with E-state index in [1.54, 1.807) is 0 Å². The highest BCUT2D eigenvalue weighted by Gasteiger charge is 2.09. The molecule has 0 heterocycles. The molecule has 2 rings (SSSR count). The largest absolute Gasteiger partial charge is 0.478 e. The lowest BCUT2D eigenvalue weighted by molar-refractivity contribution is 0.363. The second-order valence-electron chi connectivity index (χ2n) is 4.75. The molecule has 0 spiro atoms. The highest BCUT2D eigenvalue weighted by molar-refractivity contribution is 5.87. The Hall–Kier alpha value is -2.05. The SMILES string of the molecule is CC(C)NCc1c(OCC#N)ccc2ccccc12. The zero-order valence-electron chi connectivity index (χ0n) is 11.3. The molecule has 0 fully saturated rings. The van der Waals surface area contributed by atoms with Crippen LogP contribution in [0.4, 0.5) is 0 Å². The van der Waals surface area contributed by atoms with Gasteiger partial charge in [-0.15, -0.1) is 0 Å². The molecule has 0 amide bonds. The summed E-state index contributed by atoms with van der Waals surface area (Å²) in [5.74, 6) is 0.786. The van der Waals surface area contributed by atoms with E-state index in [-0.39, 0.29) is 6.61 Å². The van der Waals surface area contributed by atoms with Crippen molar-refractivity contribution in [1.82, 2.24) is 5.32 Å². The number of benzene rings is 2. The first-order valence-corrected chi connectivity index (χ1v) is 6.46. The highest BCUT2D eigenvalue weighted by atomic mass is 16.5. The Kier molecular flexibility index (Phi) is 4.38. The third-order valence-electron chi connectivity index (χ3n) is 2.98. The molecule has 0 aliphatic rings. The molecule has 0 saturated carbocycles. The van der Waals surface area contributed by atoms with Crippen molar-refractivity contribution >= 4 is 10.8 Å². The second kappa shape index (κ2) is 6.21. The van der Waals surface area contributed by atoms with Crippen LogP contribution in [0.25, 0.3) is 10.8 Å². The number of nitriles is 1. The van der Waals surface area contributed by atoms with Gasteiger partial charge in [0.2, 0.25) is 0 Å². The third-order valence-corrected chi connectivity index (χ3v) is 2.98. The minimum Gasteiger partial charge on any atom is -0.478 e. The molecule has 3 nitrogen and oxygen atoms in total. The molecule has 0 saturated heterocycles. The topological polar surface area (TPSA) is 45.0 Å². The van der Waals surface area contributed by atoms with Crippen LogP contribution in [0.2, 0.25) is 0 Å². The summed E-state index contributed by atoms with van der Waals surface area (Å²) in [6.07, 6.45) is 0. The molecule has 19 heavy (non-hydrogen) atoms. The summed E-state index contributed by atoms with van der Waals surface area (Å²) in [5.41, 5.74) is 1.11. The summed E-state index contributed by atoms with van der Waals surface area (Å²) in [6.45, 7) is 5.04. The lowest BCUT2D eigenvalue weighted by Crippen LogP contribution is -2.22. The van der Waals surface area contributed by atoms with Crippen LogP contribution in [-0.2, 0) is 6.54 Å². The summed E-state index contributed by atoms with van der Waals surface area (Å²) in [7, 11) is 0. The quantitative estimate of drug-likeness (QED) is 0.891. The van der Waals surface area contributed by atoms with Gasteiger partial charge in [0.15, 0.2) is 6.61 Å². The summed E-state index contributed by atoms with van der Waals surface area (Å²) >= 11 is 0. The molecule has 98 valence electrons. The van der Waals surface area contributed by atoms with E-state index in [2.05, 4.69) is 31.3 Å². The summed E-state index contributed by atoms with van der Waals surface area (Å²) in [6, 6.07) is 14.6. The first-order chi connectivity index (χ1) is 9.22. The number of ether oxygens (including phenoxy) is 1. The van der Waals surface area contributed by atoms with Crippen LogP contribution in [0.1, 0.15) is 19.4 Å². The van der Waals surface area contributed by atoms with Crippen molar-refractivity contribution < 1.29 is 4.74 Å². The van der Waals surface area contributed by atoms with E-state index >= 15 is 0 Å². The predicted molar refractivity (Wildman–Crippen MR) is 77.0 cm³/mol. The van der Waals surface area contributed by atoms with Gasteiger partial charge < -0.3 is 10.1 Å². The van der Waals surface area contributed by atoms with Gasteiger partial charge in [-0.25, -0.2) is 0 Å². The van der Waals surface area contributed by atoms with E-state index in [1.807, 2.05) is 30.3 Å². The number of nitrogens with zero attached hydrogens (tertiary/aromatic N) is 1. The predicted octanol–water partition coefficient (Wildman–Crippen LogP) is 3.24. The second-order valence-corrected chi connectivity index (χ2v) is 4.75. The van der Waals surface area contributed by atoms with Gasteiger partial charge in [-0.1, -0.05) is 44.2 Å². The van der Waals surface area contributed by atoms with Crippen molar-refractivity contribution in [1.29, 1.82) is 5.26 Å². The number of hydrogen-bond acceptors (Lipinski definition) is 3. The Morgan fingerprint density at radius 2 is 2.00 bits per heavy atom. The molecular weight excluding hydrogens is 236 g/mol. The van der Waals surface area contributed by atoms with E-state index in [0.717, 1.165) is 17.9 Å². The first-order valence-electron chi connectivity index (χ1n) is 6.46. The summed E-state index contributed by atoms with van der Waals surface area (Å²) in [4.78, 5) is 0. The molecule has 1 N–H and O–H groups in total. The molecule has 0 aliphatic carbocycles. The zero-order valence-corrected chi connectivity index (χ0v) is 11.3. The Labute approximate surface area is 113 Å². The van der Waals surface area contributed by atoms with Crippen LogP contribution < -0.4 is 10.1 Å². The lowest BCUT2D eigenvalue weighted by atomic mass is 10.0. The normalized spacial score (nSPS) is 10.6. The van der Waals surface area contributed by atoms with E-state index in [9.17, 15) is 0 Å². The third kappa shape index (κ3) is 3.24. The van der Waals surface area contributed by atoms with Crippen LogP contribution in [0, 0.1) is 11.3 Å². The maximum absolute atomic E-state index is 8.66. The average Bonchev–Trinajstić information content (AvgIpc) is 2.42. The minimum absolute atomic E-state index is 0.0764. The average molecular weight is 254 g/mol. The Bertz CT molecular complexity index is 599. The van der Waals surface area contributed by atoms with Crippen LogP contribution in [0.5, 0.6) is 5.75 Å². The molecule has 0 unspecified atom stereocenters. The summed E-state index contributed by atoms with van der Waals surface area (Å²) in [5, 5.41) is 14.4. The van der Waals surface area contributed by atoms with Gasteiger partial charge in [-0.2, -0.15) is 5.26 Å². The number of hydrogen-bond donors (Lipinski definition) is 1. The van der Waals surface area contributed by atoms with E-state index in [4.69, 9.17) is 10.00 Å². The van der Waals surface area contributed by atoms with Gasteiger partial charge in [0, 0.05) is 18.2 Å². The van der Waals surface area contributed by atoms with Crippen LogP contribution in [0.3, 0.4) is 0 Å². The molecule has 0 radical (unpaired) electrons. The number of nitrogens with one attached hydrogen (secondary N) is 1. The van der Waals surface area contributed by atoms with Gasteiger partial charge >= 0.3 is 0 Å². The van der Waals surface area contributed by atoms with Gasteiger partial charge in [0.05, 0.1) is 0 Å². The molecule has 2 aromatic carbocycles. The number of fused-ring (bicyclic) bond motifs is 1. The van der Waals surface area contributed by atoms with E-state index < -0.39 is 0 Å². The Morgan fingerprint density at radius 1 is 1.21 bits per heavy atom. The fraction of sp³-hybridized carbons (Fsp3) is 0.312. The monoisotopic (exact) mass is 254 g/mol. The first kappa shape index (κ1) is 13.4. The summed E-state index contributed by atoms with van der Waals surface area (Å²) < 4.78 is 5.53. The molecular formula is C16H18N2O. The standard InChI is InChI=1S/C16H18N2O/c1-12(2)18-11-15-14-6-4-3-5-13(14)7-8-16(15)19-10-9-17/h3-8,12,18H,10-11H2,1-2H3. The van der Waals surface area contributed by atoms with Crippen molar-refractivity contribution in [2.24, 2.45) is 0 Å². The van der Waals surface area contributed by atoms with Gasteiger partial charge in [-0.3, -0.25) is 0 Å². The van der Waals surface area contributed by atoms with Crippen molar-refractivity contribution in [2.45, 2.75) is 26.4 Å². The maximum Gasteiger partial charge on any atom is 0.174 e. The van der Waals surface area contributed by atoms with Crippen molar-refractivity contribution in [3.63, 3.8) is 0 Å². The number of rotatable bonds is 5. The van der Waals surface area contributed by atoms with Crippen molar-refractivity contribution in [3.8, 4) is 11.8 Å². The minimum atomic E-state index is 0.0764. The van der Waals surface area contributed by atoms with Crippen LogP contribution in [-0.4, -0.2) is 12.6 Å². The van der Waals surface area contributed by atoms with E-state index in [1.165, 1.54) is 10.8 Å². The van der Waals surface area contributed by atoms with Crippen molar-refractivity contribution in [3.05, 3.63) is 42.0 Å². The van der Waals surface area contributed by atoms with E-state index in [0.29, 0.717) is 6.04 Å². The van der Waals surface area contributed by atoms with Gasteiger partial charge in [-0.05, 0) is 16.8 Å². The molecule has 0 aliphatic heterocycles. The fourth-order valence-electron chi connectivity index (χ4n) is 2.05. The molecule has 0 aromatic heterocycles. The smallest absolute Gasteiger partial charge is 0.174 e.